The number of nitrogens with zero attached hydrogens (tertiary/aromatic N) is 1. The molecule has 0 saturated carbocycles. The number of β-amino-alcohol motifs (C(OH)–C–C–N with tert-alkyl or cyclic N) is 1. The summed E-state index contributed by atoms with van der Waals surface area (Å²) in [6, 6.07) is 0. The molecule has 1 rings (SSSR count). The van der Waals surface area contributed by atoms with E-state index < -0.39 is 0 Å². The molecule has 1 heterocycles. The third-order valence-electron chi connectivity index (χ3n) is 3.86. The van der Waals surface area contributed by atoms with Gasteiger partial charge in [0.05, 0.1) is 6.10 Å². The fraction of sp³-hybridized carbons (Fsp3) is 1.00. The molecular weight excluding hydrogens is 186 g/mol. The highest BCUT2D eigenvalue weighted by atomic mass is 16.3. The topological polar surface area (TPSA) is 23.5 Å². The van der Waals surface area contributed by atoms with Crippen LogP contribution in [0.5, 0.6) is 0 Å². The first-order valence-corrected chi connectivity index (χ1v) is 6.54. The summed E-state index contributed by atoms with van der Waals surface area (Å²) < 4.78 is 0. The highest BCUT2D eigenvalue weighted by Gasteiger charge is 2.19. The van der Waals surface area contributed by atoms with Crippen LogP contribution in [0, 0.1) is 11.8 Å². The average molecular weight is 213 g/mol. The van der Waals surface area contributed by atoms with Gasteiger partial charge in [-0.25, -0.2) is 0 Å². The number of hydrogen-bond donors (Lipinski definition) is 1. The molecule has 0 aliphatic carbocycles. The van der Waals surface area contributed by atoms with E-state index >= 15 is 0 Å². The van der Waals surface area contributed by atoms with Crippen LogP contribution in [0.25, 0.3) is 0 Å². The monoisotopic (exact) mass is 213 g/mol. The number of aliphatic hydroxyl groups excluding tert-OH is 1. The normalized spacial score (nSPS) is 28.4. The third kappa shape index (κ3) is 4.52. The Balaban J connectivity index is 2.30. The van der Waals surface area contributed by atoms with Gasteiger partial charge in [0, 0.05) is 6.54 Å². The van der Waals surface area contributed by atoms with E-state index in [0.717, 1.165) is 18.9 Å². The molecule has 3 atom stereocenters. The first kappa shape index (κ1) is 13.0. The molecule has 0 radical (unpaired) electrons. The molecule has 1 aliphatic heterocycles. The second-order valence-corrected chi connectivity index (χ2v) is 5.29. The average Bonchev–Trinajstić information content (AvgIpc) is 2.42. The predicted octanol–water partition coefficient (Wildman–Crippen LogP) is 2.52. The molecule has 0 spiro atoms. The van der Waals surface area contributed by atoms with E-state index in [1.54, 1.807) is 0 Å². The Morgan fingerprint density at radius 3 is 2.73 bits per heavy atom. The number of hydrogen-bond acceptors (Lipinski definition) is 2. The highest BCUT2D eigenvalue weighted by Crippen LogP contribution is 2.18. The maximum atomic E-state index is 9.99. The fourth-order valence-electron chi connectivity index (χ4n) is 2.22. The zero-order valence-corrected chi connectivity index (χ0v) is 10.6. The first-order chi connectivity index (χ1) is 7.13. The van der Waals surface area contributed by atoms with E-state index in [-0.39, 0.29) is 6.10 Å². The predicted molar refractivity (Wildman–Crippen MR) is 64.9 cm³/mol. The van der Waals surface area contributed by atoms with Crippen molar-refractivity contribution in [2.75, 3.05) is 19.6 Å². The highest BCUT2D eigenvalue weighted by molar-refractivity contribution is 4.72. The summed E-state index contributed by atoms with van der Waals surface area (Å²) in [6.45, 7) is 9.87. The van der Waals surface area contributed by atoms with Gasteiger partial charge in [-0.1, -0.05) is 27.2 Å². The van der Waals surface area contributed by atoms with Gasteiger partial charge < -0.3 is 10.0 Å². The van der Waals surface area contributed by atoms with Crippen molar-refractivity contribution in [1.82, 2.24) is 4.90 Å². The standard InChI is InChI=1S/C13H27NO/c1-4-12(3)13(15)10-14-8-5-6-11(2)7-9-14/h11-13,15H,4-10H2,1-3H3. The summed E-state index contributed by atoms with van der Waals surface area (Å²) in [6.07, 6.45) is 4.89. The maximum absolute atomic E-state index is 9.99. The quantitative estimate of drug-likeness (QED) is 0.775. The molecule has 0 aromatic carbocycles. The molecule has 2 nitrogen and oxygen atoms in total. The third-order valence-corrected chi connectivity index (χ3v) is 3.86. The zero-order chi connectivity index (χ0) is 11.3. The van der Waals surface area contributed by atoms with Crippen molar-refractivity contribution in [3.05, 3.63) is 0 Å². The van der Waals surface area contributed by atoms with Gasteiger partial charge in [0.2, 0.25) is 0 Å². The smallest absolute Gasteiger partial charge is 0.0692 e. The summed E-state index contributed by atoms with van der Waals surface area (Å²) in [4.78, 5) is 2.44. The molecule has 0 bridgehead atoms. The van der Waals surface area contributed by atoms with Gasteiger partial charge in [0.1, 0.15) is 0 Å². The van der Waals surface area contributed by atoms with E-state index in [1.165, 1.54) is 32.4 Å². The zero-order valence-electron chi connectivity index (χ0n) is 10.6. The summed E-state index contributed by atoms with van der Waals surface area (Å²) in [5, 5.41) is 9.99. The summed E-state index contributed by atoms with van der Waals surface area (Å²) >= 11 is 0. The van der Waals surface area contributed by atoms with Crippen molar-refractivity contribution in [2.45, 2.75) is 52.6 Å². The minimum atomic E-state index is -0.136. The Hall–Kier alpha value is -0.0800. The molecule has 1 N–H and O–H groups in total. The lowest BCUT2D eigenvalue weighted by Gasteiger charge is -2.26. The minimum absolute atomic E-state index is 0.136. The Kier molecular flexibility index (Phi) is 5.62. The van der Waals surface area contributed by atoms with Crippen LogP contribution in [0.1, 0.15) is 46.5 Å². The molecule has 1 saturated heterocycles. The van der Waals surface area contributed by atoms with E-state index in [1.807, 2.05) is 0 Å². The number of likely N-dealkylation sites (tertiary alicyclic amines) is 1. The van der Waals surface area contributed by atoms with Gasteiger partial charge in [0.25, 0.3) is 0 Å². The largest absolute Gasteiger partial charge is 0.392 e. The van der Waals surface area contributed by atoms with Crippen molar-refractivity contribution in [3.8, 4) is 0 Å². The lowest BCUT2D eigenvalue weighted by Crippen LogP contribution is -2.36. The van der Waals surface area contributed by atoms with Gasteiger partial charge in [-0.15, -0.1) is 0 Å². The Labute approximate surface area is 94.7 Å². The van der Waals surface area contributed by atoms with Crippen LogP contribution in [0.4, 0.5) is 0 Å². The van der Waals surface area contributed by atoms with Crippen LogP contribution >= 0.6 is 0 Å². The van der Waals surface area contributed by atoms with Crippen molar-refractivity contribution >= 4 is 0 Å². The number of rotatable bonds is 4. The van der Waals surface area contributed by atoms with Crippen LogP contribution < -0.4 is 0 Å². The summed E-state index contributed by atoms with van der Waals surface area (Å²) in [5.74, 6) is 1.31. The first-order valence-electron chi connectivity index (χ1n) is 6.54. The Morgan fingerprint density at radius 2 is 2.07 bits per heavy atom. The van der Waals surface area contributed by atoms with Crippen molar-refractivity contribution in [2.24, 2.45) is 11.8 Å². The van der Waals surface area contributed by atoms with Crippen LogP contribution in [0.2, 0.25) is 0 Å². The lowest BCUT2D eigenvalue weighted by atomic mass is 10.0. The van der Waals surface area contributed by atoms with E-state index in [9.17, 15) is 5.11 Å². The molecule has 0 aromatic heterocycles. The summed E-state index contributed by atoms with van der Waals surface area (Å²) in [7, 11) is 0. The maximum Gasteiger partial charge on any atom is 0.0692 e. The SMILES string of the molecule is CCC(C)C(O)CN1CCCC(C)CC1. The summed E-state index contributed by atoms with van der Waals surface area (Å²) in [5.41, 5.74) is 0. The van der Waals surface area contributed by atoms with Gasteiger partial charge in [0.15, 0.2) is 0 Å². The molecule has 0 amide bonds. The molecule has 90 valence electrons. The second kappa shape index (κ2) is 6.49. The van der Waals surface area contributed by atoms with Gasteiger partial charge in [-0.05, 0) is 44.2 Å². The van der Waals surface area contributed by atoms with Crippen molar-refractivity contribution in [3.63, 3.8) is 0 Å². The van der Waals surface area contributed by atoms with E-state index in [2.05, 4.69) is 25.7 Å². The number of aliphatic hydroxyl groups is 1. The minimum Gasteiger partial charge on any atom is -0.392 e. The van der Waals surface area contributed by atoms with Crippen LogP contribution in [0.15, 0.2) is 0 Å². The van der Waals surface area contributed by atoms with Gasteiger partial charge >= 0.3 is 0 Å². The van der Waals surface area contributed by atoms with Crippen LogP contribution in [0.3, 0.4) is 0 Å². The van der Waals surface area contributed by atoms with E-state index in [4.69, 9.17) is 0 Å². The Morgan fingerprint density at radius 1 is 1.33 bits per heavy atom. The van der Waals surface area contributed by atoms with Crippen LogP contribution in [-0.2, 0) is 0 Å². The van der Waals surface area contributed by atoms with Crippen LogP contribution in [-0.4, -0.2) is 35.7 Å². The molecule has 2 heteroatoms. The van der Waals surface area contributed by atoms with Crippen molar-refractivity contribution in [1.29, 1.82) is 0 Å². The molecule has 15 heavy (non-hydrogen) atoms. The molecule has 1 fully saturated rings. The Bertz CT molecular complexity index is 172. The van der Waals surface area contributed by atoms with Gasteiger partial charge in [-0.3, -0.25) is 0 Å². The molecule has 0 aromatic rings. The lowest BCUT2D eigenvalue weighted by molar-refractivity contribution is 0.0694. The molecule has 3 unspecified atom stereocenters. The van der Waals surface area contributed by atoms with Crippen molar-refractivity contribution < 1.29 is 5.11 Å². The second-order valence-electron chi connectivity index (χ2n) is 5.29. The molecule has 1 aliphatic rings. The fourth-order valence-corrected chi connectivity index (χ4v) is 2.22. The molecular formula is C13H27NO. The van der Waals surface area contributed by atoms with E-state index in [0.29, 0.717) is 5.92 Å². The van der Waals surface area contributed by atoms with Gasteiger partial charge in [-0.2, -0.15) is 0 Å².